The van der Waals surface area contributed by atoms with Gasteiger partial charge in [-0.15, -0.1) is 0 Å². The van der Waals surface area contributed by atoms with Gasteiger partial charge in [-0.1, -0.05) is 33.1 Å². The normalized spacial score (nSPS) is 26.7. The van der Waals surface area contributed by atoms with E-state index in [1.165, 1.54) is 6.42 Å². The van der Waals surface area contributed by atoms with Gasteiger partial charge in [0.1, 0.15) is 0 Å². The third kappa shape index (κ3) is 6.64. The molecule has 3 atom stereocenters. The first-order chi connectivity index (χ1) is 8.79. The second-order valence-electron chi connectivity index (χ2n) is 6.49. The molecule has 1 rings (SSSR count). The van der Waals surface area contributed by atoms with Gasteiger partial charge in [0.25, 0.3) is 0 Å². The van der Waals surface area contributed by atoms with Crippen molar-refractivity contribution in [3.63, 3.8) is 0 Å². The summed E-state index contributed by atoms with van der Waals surface area (Å²) in [5.74, 6) is -0.391. The van der Waals surface area contributed by atoms with Gasteiger partial charge in [0.15, 0.2) is 0 Å². The highest BCUT2D eigenvalue weighted by molar-refractivity contribution is 4.83. The SMILES string of the molecule is CC(C)CCCC(C)NC1CCCC(C(F)(F)F)C1. The van der Waals surface area contributed by atoms with Crippen LogP contribution in [0, 0.1) is 11.8 Å². The fourth-order valence-corrected chi connectivity index (χ4v) is 2.96. The van der Waals surface area contributed by atoms with E-state index in [2.05, 4.69) is 26.1 Å². The zero-order chi connectivity index (χ0) is 14.5. The Labute approximate surface area is 115 Å². The first-order valence-electron chi connectivity index (χ1n) is 7.61. The van der Waals surface area contributed by atoms with E-state index in [9.17, 15) is 13.2 Å². The Bertz CT molecular complexity index is 250. The van der Waals surface area contributed by atoms with Crippen LogP contribution in [0.2, 0.25) is 0 Å². The summed E-state index contributed by atoms with van der Waals surface area (Å²) in [6.45, 7) is 6.50. The molecule has 1 N–H and O–H groups in total. The Morgan fingerprint density at radius 2 is 1.79 bits per heavy atom. The second-order valence-corrected chi connectivity index (χ2v) is 6.49. The molecule has 114 valence electrons. The van der Waals surface area contributed by atoms with E-state index in [1.54, 1.807) is 0 Å². The zero-order valence-corrected chi connectivity index (χ0v) is 12.4. The van der Waals surface area contributed by atoms with Crippen LogP contribution in [0.5, 0.6) is 0 Å². The van der Waals surface area contributed by atoms with Crippen molar-refractivity contribution >= 4 is 0 Å². The lowest BCUT2D eigenvalue weighted by Gasteiger charge is -2.33. The predicted molar refractivity (Wildman–Crippen MR) is 73.1 cm³/mol. The van der Waals surface area contributed by atoms with Gasteiger partial charge in [-0.05, 0) is 38.5 Å². The van der Waals surface area contributed by atoms with Crippen molar-refractivity contribution in [1.29, 1.82) is 0 Å². The lowest BCUT2D eigenvalue weighted by molar-refractivity contribution is -0.183. The largest absolute Gasteiger partial charge is 0.391 e. The predicted octanol–water partition coefficient (Wildman–Crippen LogP) is 4.91. The zero-order valence-electron chi connectivity index (χ0n) is 12.4. The van der Waals surface area contributed by atoms with Gasteiger partial charge >= 0.3 is 6.18 Å². The van der Waals surface area contributed by atoms with E-state index < -0.39 is 12.1 Å². The molecule has 1 nitrogen and oxygen atoms in total. The molecule has 19 heavy (non-hydrogen) atoms. The number of nitrogens with one attached hydrogen (secondary N) is 1. The molecule has 1 aliphatic rings. The third-order valence-electron chi connectivity index (χ3n) is 4.08. The molecule has 0 amide bonds. The molecule has 0 aromatic heterocycles. The monoisotopic (exact) mass is 279 g/mol. The van der Waals surface area contributed by atoms with E-state index in [1.807, 2.05) is 0 Å². The molecule has 0 bridgehead atoms. The summed E-state index contributed by atoms with van der Waals surface area (Å²) in [5, 5.41) is 3.39. The van der Waals surface area contributed by atoms with Crippen molar-refractivity contribution in [1.82, 2.24) is 5.32 Å². The smallest absolute Gasteiger partial charge is 0.311 e. The van der Waals surface area contributed by atoms with Crippen molar-refractivity contribution in [2.45, 2.75) is 84.0 Å². The molecule has 0 saturated heterocycles. The van der Waals surface area contributed by atoms with Crippen LogP contribution < -0.4 is 5.32 Å². The van der Waals surface area contributed by atoms with Gasteiger partial charge in [-0.25, -0.2) is 0 Å². The fourth-order valence-electron chi connectivity index (χ4n) is 2.96. The molecule has 3 unspecified atom stereocenters. The van der Waals surface area contributed by atoms with Gasteiger partial charge < -0.3 is 5.32 Å². The molecule has 0 heterocycles. The maximum absolute atomic E-state index is 12.7. The van der Waals surface area contributed by atoms with E-state index in [-0.39, 0.29) is 12.5 Å². The van der Waals surface area contributed by atoms with Crippen LogP contribution in [-0.4, -0.2) is 18.3 Å². The summed E-state index contributed by atoms with van der Waals surface area (Å²) < 4.78 is 38.1. The summed E-state index contributed by atoms with van der Waals surface area (Å²) in [6.07, 6.45) is 1.55. The summed E-state index contributed by atoms with van der Waals surface area (Å²) in [6, 6.07) is 0.380. The number of rotatable bonds is 6. The Balaban J connectivity index is 2.28. The van der Waals surface area contributed by atoms with Crippen LogP contribution >= 0.6 is 0 Å². The average molecular weight is 279 g/mol. The molecule has 1 saturated carbocycles. The van der Waals surface area contributed by atoms with Crippen LogP contribution in [0.4, 0.5) is 13.2 Å². The van der Waals surface area contributed by atoms with Gasteiger partial charge in [0.2, 0.25) is 0 Å². The quantitative estimate of drug-likeness (QED) is 0.728. The summed E-state index contributed by atoms with van der Waals surface area (Å²) in [7, 11) is 0. The lowest BCUT2D eigenvalue weighted by atomic mass is 9.85. The average Bonchev–Trinajstić information content (AvgIpc) is 2.27. The molecule has 0 spiro atoms. The standard InChI is InChI=1S/C15H28F3N/c1-11(2)6-4-7-12(3)19-14-9-5-8-13(10-14)15(16,17)18/h11-14,19H,4-10H2,1-3H3. The highest BCUT2D eigenvalue weighted by atomic mass is 19.4. The number of hydrogen-bond donors (Lipinski definition) is 1. The molecular formula is C15H28F3N. The highest BCUT2D eigenvalue weighted by Crippen LogP contribution is 2.37. The highest BCUT2D eigenvalue weighted by Gasteiger charge is 2.42. The van der Waals surface area contributed by atoms with Gasteiger partial charge in [-0.2, -0.15) is 13.2 Å². The number of alkyl halides is 3. The van der Waals surface area contributed by atoms with Crippen LogP contribution in [0.3, 0.4) is 0 Å². The molecular weight excluding hydrogens is 251 g/mol. The van der Waals surface area contributed by atoms with Crippen molar-refractivity contribution in [2.24, 2.45) is 11.8 Å². The van der Waals surface area contributed by atoms with Crippen LogP contribution in [0.25, 0.3) is 0 Å². The van der Waals surface area contributed by atoms with Gasteiger partial charge in [-0.3, -0.25) is 0 Å². The molecule has 0 aromatic carbocycles. The summed E-state index contributed by atoms with van der Waals surface area (Å²) in [5.41, 5.74) is 0. The van der Waals surface area contributed by atoms with Crippen LogP contribution in [0.15, 0.2) is 0 Å². The summed E-state index contributed by atoms with van der Waals surface area (Å²) in [4.78, 5) is 0. The number of halogens is 3. The topological polar surface area (TPSA) is 12.0 Å². The molecule has 0 radical (unpaired) electrons. The second kappa shape index (κ2) is 7.51. The van der Waals surface area contributed by atoms with Crippen LogP contribution in [-0.2, 0) is 0 Å². The molecule has 4 heteroatoms. The van der Waals surface area contributed by atoms with E-state index in [0.717, 1.165) is 19.3 Å². The van der Waals surface area contributed by atoms with Crippen molar-refractivity contribution in [3.05, 3.63) is 0 Å². The van der Waals surface area contributed by atoms with Gasteiger partial charge in [0, 0.05) is 12.1 Å². The molecule has 1 aliphatic carbocycles. The number of hydrogen-bond acceptors (Lipinski definition) is 1. The van der Waals surface area contributed by atoms with Crippen molar-refractivity contribution in [2.75, 3.05) is 0 Å². The Morgan fingerprint density at radius 1 is 1.11 bits per heavy atom. The Morgan fingerprint density at radius 3 is 2.37 bits per heavy atom. The molecule has 0 aliphatic heterocycles. The van der Waals surface area contributed by atoms with Crippen LogP contribution in [0.1, 0.15) is 65.7 Å². The Hall–Kier alpha value is -0.250. The fraction of sp³-hybridized carbons (Fsp3) is 1.00. The third-order valence-corrected chi connectivity index (χ3v) is 4.08. The van der Waals surface area contributed by atoms with E-state index >= 15 is 0 Å². The summed E-state index contributed by atoms with van der Waals surface area (Å²) >= 11 is 0. The van der Waals surface area contributed by atoms with E-state index in [0.29, 0.717) is 24.8 Å². The first kappa shape index (κ1) is 16.8. The minimum absolute atomic E-state index is 0.0504. The van der Waals surface area contributed by atoms with Gasteiger partial charge in [0.05, 0.1) is 5.92 Å². The minimum Gasteiger partial charge on any atom is -0.311 e. The minimum atomic E-state index is -4.01. The van der Waals surface area contributed by atoms with E-state index in [4.69, 9.17) is 0 Å². The lowest BCUT2D eigenvalue weighted by Crippen LogP contribution is -2.42. The maximum atomic E-state index is 12.7. The maximum Gasteiger partial charge on any atom is 0.391 e. The van der Waals surface area contributed by atoms with Crippen molar-refractivity contribution < 1.29 is 13.2 Å². The first-order valence-corrected chi connectivity index (χ1v) is 7.61. The molecule has 0 aromatic rings. The molecule has 1 fully saturated rings. The van der Waals surface area contributed by atoms with Crippen molar-refractivity contribution in [3.8, 4) is 0 Å². The Kier molecular flexibility index (Phi) is 6.64.